The van der Waals surface area contributed by atoms with Gasteiger partial charge in [-0.3, -0.25) is 4.98 Å². The van der Waals surface area contributed by atoms with E-state index in [1.807, 2.05) is 6.20 Å². The van der Waals surface area contributed by atoms with E-state index in [-0.39, 0.29) is 0 Å². The Morgan fingerprint density at radius 3 is 1.30 bits per heavy atom. The third kappa shape index (κ3) is 5.53. The van der Waals surface area contributed by atoms with Gasteiger partial charge >= 0.3 is 0 Å². The molecule has 0 saturated carbocycles. The summed E-state index contributed by atoms with van der Waals surface area (Å²) in [5.74, 6) is 0. The Hall–Kier alpha value is -8.40. The molecular formula is C60H37N3. The van der Waals surface area contributed by atoms with Gasteiger partial charge in [0.1, 0.15) is 0 Å². The molecule has 0 N–H and O–H groups in total. The largest absolute Gasteiger partial charge is 0.309 e. The second-order valence-electron chi connectivity index (χ2n) is 16.5. The summed E-state index contributed by atoms with van der Waals surface area (Å²) in [7, 11) is 0. The molecule has 11 aromatic carbocycles. The van der Waals surface area contributed by atoms with Crippen molar-refractivity contribution in [2.75, 3.05) is 0 Å². The van der Waals surface area contributed by atoms with Gasteiger partial charge in [-0.15, -0.1) is 0 Å². The van der Waals surface area contributed by atoms with Crippen molar-refractivity contribution in [3.63, 3.8) is 0 Å². The average molecular weight is 800 g/mol. The lowest BCUT2D eigenvalue weighted by atomic mass is 9.89. The Morgan fingerprint density at radius 2 is 0.714 bits per heavy atom. The Bertz CT molecular complexity index is 3880. The molecule has 63 heavy (non-hydrogen) atoms. The lowest BCUT2D eigenvalue weighted by Crippen LogP contribution is -1.93. The van der Waals surface area contributed by atoms with E-state index in [0.29, 0.717) is 0 Å². The van der Waals surface area contributed by atoms with E-state index >= 15 is 0 Å². The minimum atomic E-state index is 0.860. The Labute approximate surface area is 363 Å². The standard InChI is InChI=1S/C60H37N3/c1-3-20-54-50(16-1)51-17-2-4-21-55(51)60-59(54)61-37-56(62-60)40-15-9-14-39(36-40)43-23-11-27-47-45(43)25-13-29-49(47)48-28-12-24-44-42(22-10-26-46(44)48)38-32-34-41(35-33-38)63-57-30-7-5-18-52(57)53-19-6-8-31-58(53)63/h1-37H. The summed E-state index contributed by atoms with van der Waals surface area (Å²) in [4.78, 5) is 10.4. The maximum Gasteiger partial charge on any atom is 0.0979 e. The number of benzene rings is 11. The third-order valence-corrected chi connectivity index (χ3v) is 13.0. The Balaban J connectivity index is 0.890. The van der Waals surface area contributed by atoms with Crippen LogP contribution in [-0.2, 0) is 0 Å². The molecule has 0 spiro atoms. The van der Waals surface area contributed by atoms with Crippen LogP contribution in [0.25, 0.3) is 126 Å². The Morgan fingerprint density at radius 1 is 0.286 bits per heavy atom. The molecule has 0 aliphatic heterocycles. The number of rotatable bonds is 5. The first kappa shape index (κ1) is 35.4. The molecule has 13 rings (SSSR count). The molecule has 2 heterocycles. The second-order valence-corrected chi connectivity index (χ2v) is 16.5. The summed E-state index contributed by atoms with van der Waals surface area (Å²) in [6, 6.07) is 79.1. The van der Waals surface area contributed by atoms with Crippen LogP contribution in [-0.4, -0.2) is 14.5 Å². The molecular weight excluding hydrogens is 763 g/mol. The van der Waals surface area contributed by atoms with Gasteiger partial charge in [-0.05, 0) is 96.0 Å². The number of fused-ring (bicyclic) bond motifs is 11. The van der Waals surface area contributed by atoms with Crippen LogP contribution in [0.3, 0.4) is 0 Å². The normalized spacial score (nSPS) is 11.8. The minimum absolute atomic E-state index is 0.860. The van der Waals surface area contributed by atoms with Crippen molar-refractivity contribution in [3.05, 3.63) is 225 Å². The number of nitrogens with zero attached hydrogens (tertiary/aromatic N) is 3. The summed E-state index contributed by atoms with van der Waals surface area (Å²) >= 11 is 0. The van der Waals surface area contributed by atoms with Crippen LogP contribution < -0.4 is 0 Å². The van der Waals surface area contributed by atoms with Gasteiger partial charge in [-0.1, -0.05) is 188 Å². The summed E-state index contributed by atoms with van der Waals surface area (Å²) in [6.07, 6.45) is 1.93. The van der Waals surface area contributed by atoms with Gasteiger partial charge < -0.3 is 4.57 Å². The van der Waals surface area contributed by atoms with Gasteiger partial charge in [0, 0.05) is 32.8 Å². The Kier molecular flexibility index (Phi) is 7.91. The quantitative estimate of drug-likeness (QED) is 0.162. The van der Waals surface area contributed by atoms with E-state index < -0.39 is 0 Å². The van der Waals surface area contributed by atoms with Crippen molar-refractivity contribution in [2.24, 2.45) is 0 Å². The second kappa shape index (κ2) is 14.1. The van der Waals surface area contributed by atoms with Crippen LogP contribution in [0.1, 0.15) is 0 Å². The number of hydrogen-bond donors (Lipinski definition) is 0. The SMILES string of the molecule is c1cc(-c2cnc3c4ccccc4c4ccccc4c3n2)cc(-c2cccc3c(-c4cccc5c(-c6ccc(-n7c8ccccc8c8ccccc87)cc6)cccc45)cccc23)c1. The monoisotopic (exact) mass is 799 g/mol. The number of para-hydroxylation sites is 2. The predicted octanol–water partition coefficient (Wildman–Crippen LogP) is 16.0. The van der Waals surface area contributed by atoms with Gasteiger partial charge in [0.05, 0.1) is 34.0 Å². The van der Waals surface area contributed by atoms with Crippen molar-refractivity contribution in [2.45, 2.75) is 0 Å². The molecule has 0 saturated heterocycles. The third-order valence-electron chi connectivity index (χ3n) is 13.0. The molecule has 3 nitrogen and oxygen atoms in total. The van der Waals surface area contributed by atoms with E-state index in [2.05, 4.69) is 223 Å². The predicted molar refractivity (Wildman–Crippen MR) is 266 cm³/mol. The smallest absolute Gasteiger partial charge is 0.0979 e. The molecule has 0 unspecified atom stereocenters. The lowest BCUT2D eigenvalue weighted by Gasteiger charge is -2.15. The van der Waals surface area contributed by atoms with E-state index in [0.717, 1.165) is 44.3 Å². The highest BCUT2D eigenvalue weighted by Crippen LogP contribution is 2.41. The molecule has 0 aliphatic rings. The molecule has 0 radical (unpaired) electrons. The van der Waals surface area contributed by atoms with Crippen molar-refractivity contribution in [1.82, 2.24) is 14.5 Å². The van der Waals surface area contributed by atoms with Gasteiger partial charge in [0.25, 0.3) is 0 Å². The summed E-state index contributed by atoms with van der Waals surface area (Å²) in [6.45, 7) is 0. The highest BCUT2D eigenvalue weighted by atomic mass is 15.0. The van der Waals surface area contributed by atoms with E-state index in [4.69, 9.17) is 9.97 Å². The molecule has 0 bridgehead atoms. The minimum Gasteiger partial charge on any atom is -0.309 e. The molecule has 292 valence electrons. The number of aromatic nitrogens is 3. The molecule has 0 atom stereocenters. The van der Waals surface area contributed by atoms with E-state index in [9.17, 15) is 0 Å². The summed E-state index contributed by atoms with van der Waals surface area (Å²) < 4.78 is 2.38. The maximum atomic E-state index is 5.31. The molecule has 3 heteroatoms. The van der Waals surface area contributed by atoms with Crippen LogP contribution in [0.2, 0.25) is 0 Å². The van der Waals surface area contributed by atoms with Crippen LogP contribution in [0.4, 0.5) is 0 Å². The fourth-order valence-electron chi connectivity index (χ4n) is 10.2. The van der Waals surface area contributed by atoms with Crippen LogP contribution in [0.5, 0.6) is 0 Å². The van der Waals surface area contributed by atoms with Crippen LogP contribution in [0.15, 0.2) is 225 Å². The average Bonchev–Trinajstić information content (AvgIpc) is 3.70. The molecule has 13 aromatic rings. The van der Waals surface area contributed by atoms with E-state index in [1.54, 1.807) is 0 Å². The van der Waals surface area contributed by atoms with Crippen molar-refractivity contribution in [1.29, 1.82) is 0 Å². The van der Waals surface area contributed by atoms with Gasteiger partial charge in [-0.25, -0.2) is 4.98 Å². The first-order valence-corrected chi connectivity index (χ1v) is 21.6. The highest BCUT2D eigenvalue weighted by molar-refractivity contribution is 6.23. The molecule has 0 amide bonds. The molecule has 2 aromatic heterocycles. The number of hydrogen-bond acceptors (Lipinski definition) is 2. The maximum absolute atomic E-state index is 5.31. The summed E-state index contributed by atoms with van der Waals surface area (Å²) in [5.41, 5.74) is 14.5. The van der Waals surface area contributed by atoms with Crippen LogP contribution >= 0.6 is 0 Å². The van der Waals surface area contributed by atoms with Crippen molar-refractivity contribution < 1.29 is 0 Å². The summed E-state index contributed by atoms with van der Waals surface area (Å²) in [5, 5.41) is 12.1. The zero-order chi connectivity index (χ0) is 41.4. The molecule has 0 fully saturated rings. The zero-order valence-electron chi connectivity index (χ0n) is 34.2. The van der Waals surface area contributed by atoms with Crippen molar-refractivity contribution >= 4 is 75.9 Å². The fraction of sp³-hybridized carbons (Fsp3) is 0. The fourth-order valence-corrected chi connectivity index (χ4v) is 10.2. The van der Waals surface area contributed by atoms with Crippen molar-refractivity contribution in [3.8, 4) is 50.3 Å². The zero-order valence-corrected chi connectivity index (χ0v) is 34.2. The van der Waals surface area contributed by atoms with Gasteiger partial charge in [-0.2, -0.15) is 0 Å². The van der Waals surface area contributed by atoms with Crippen LogP contribution in [0, 0.1) is 0 Å². The van der Waals surface area contributed by atoms with Gasteiger partial charge in [0.2, 0.25) is 0 Å². The highest BCUT2D eigenvalue weighted by Gasteiger charge is 2.17. The van der Waals surface area contributed by atoms with E-state index in [1.165, 1.54) is 81.9 Å². The first-order chi connectivity index (χ1) is 31.3. The first-order valence-electron chi connectivity index (χ1n) is 21.6. The topological polar surface area (TPSA) is 30.7 Å². The molecule has 0 aliphatic carbocycles. The lowest BCUT2D eigenvalue weighted by molar-refractivity contribution is 1.18. The van der Waals surface area contributed by atoms with Gasteiger partial charge in [0.15, 0.2) is 0 Å².